The molecule has 2 aromatic rings. The average molecular weight is 383 g/mol. The Morgan fingerprint density at radius 2 is 2.04 bits per heavy atom. The Bertz CT molecular complexity index is 866. The molecular formula is C16H22N4O3S2. The molecule has 0 bridgehead atoms. The van der Waals surface area contributed by atoms with Crippen molar-refractivity contribution in [3.05, 3.63) is 28.2 Å². The maximum absolute atomic E-state index is 13.0. The van der Waals surface area contributed by atoms with E-state index < -0.39 is 10.0 Å². The van der Waals surface area contributed by atoms with E-state index in [1.807, 2.05) is 20.9 Å². The van der Waals surface area contributed by atoms with Crippen LogP contribution in [0.2, 0.25) is 0 Å². The molecule has 0 amide bonds. The number of hydrogen-bond donors (Lipinski definition) is 0. The monoisotopic (exact) mass is 382 g/mol. The Labute approximate surface area is 151 Å². The first-order valence-electron chi connectivity index (χ1n) is 8.47. The fraction of sp³-hybridized carbons (Fsp3) is 0.625. The van der Waals surface area contributed by atoms with Crippen LogP contribution in [0.15, 0.2) is 14.8 Å². The first-order valence-corrected chi connectivity index (χ1v) is 10.7. The molecule has 136 valence electrons. The van der Waals surface area contributed by atoms with Crippen molar-refractivity contribution in [3.63, 3.8) is 0 Å². The molecule has 1 saturated heterocycles. The zero-order valence-corrected chi connectivity index (χ0v) is 16.2. The molecule has 0 radical (unpaired) electrons. The minimum atomic E-state index is -3.49. The zero-order valence-electron chi connectivity index (χ0n) is 14.6. The van der Waals surface area contributed by atoms with Gasteiger partial charge in [0.15, 0.2) is 5.82 Å². The average Bonchev–Trinajstić information content (AvgIpc) is 3.21. The fourth-order valence-corrected chi connectivity index (χ4v) is 6.13. The van der Waals surface area contributed by atoms with E-state index in [4.69, 9.17) is 4.52 Å². The number of nitrogens with zero attached hydrogens (tertiary/aromatic N) is 4. The van der Waals surface area contributed by atoms with Gasteiger partial charge in [0, 0.05) is 30.4 Å². The van der Waals surface area contributed by atoms with Crippen molar-refractivity contribution in [1.29, 1.82) is 0 Å². The SMILES string of the molecule is Cc1cc(S(=O)(=O)N2CCN(C)C(c3nc(C4CC4)no3)C2)sc1C. The molecule has 3 heterocycles. The van der Waals surface area contributed by atoms with Crippen LogP contribution in [0, 0.1) is 13.8 Å². The number of rotatable bonds is 4. The van der Waals surface area contributed by atoms with Gasteiger partial charge in [0.25, 0.3) is 10.0 Å². The normalized spacial score (nSPS) is 23.2. The maximum atomic E-state index is 13.0. The fourth-order valence-electron chi connectivity index (χ4n) is 3.02. The summed E-state index contributed by atoms with van der Waals surface area (Å²) < 4.78 is 33.4. The van der Waals surface area contributed by atoms with E-state index in [-0.39, 0.29) is 6.04 Å². The van der Waals surface area contributed by atoms with Gasteiger partial charge in [-0.25, -0.2) is 8.42 Å². The second-order valence-corrected chi connectivity index (χ2v) is 10.4. The Balaban J connectivity index is 1.58. The van der Waals surface area contributed by atoms with Gasteiger partial charge < -0.3 is 4.52 Å². The molecule has 1 aliphatic carbocycles. The molecule has 9 heteroatoms. The van der Waals surface area contributed by atoms with E-state index >= 15 is 0 Å². The first-order chi connectivity index (χ1) is 11.9. The van der Waals surface area contributed by atoms with Crippen LogP contribution in [-0.2, 0) is 10.0 Å². The Morgan fingerprint density at radius 3 is 2.68 bits per heavy atom. The third kappa shape index (κ3) is 3.14. The van der Waals surface area contributed by atoms with Crippen molar-refractivity contribution in [3.8, 4) is 0 Å². The van der Waals surface area contributed by atoms with Crippen LogP contribution < -0.4 is 0 Å². The van der Waals surface area contributed by atoms with Gasteiger partial charge in [0.1, 0.15) is 10.3 Å². The highest BCUT2D eigenvalue weighted by atomic mass is 32.2. The minimum Gasteiger partial charge on any atom is -0.338 e. The molecule has 1 atom stereocenters. The topological polar surface area (TPSA) is 79.5 Å². The summed E-state index contributed by atoms with van der Waals surface area (Å²) in [7, 11) is -1.52. The van der Waals surface area contributed by atoms with Crippen LogP contribution in [0.3, 0.4) is 0 Å². The van der Waals surface area contributed by atoms with E-state index in [0.717, 1.165) is 29.1 Å². The van der Waals surface area contributed by atoms with Gasteiger partial charge in [-0.1, -0.05) is 5.16 Å². The Morgan fingerprint density at radius 1 is 1.28 bits per heavy atom. The summed E-state index contributed by atoms with van der Waals surface area (Å²) in [6.45, 7) is 5.32. The largest absolute Gasteiger partial charge is 0.338 e. The quantitative estimate of drug-likeness (QED) is 0.807. The number of piperazine rings is 1. The summed E-state index contributed by atoms with van der Waals surface area (Å²) in [5.41, 5.74) is 1.01. The van der Waals surface area contributed by atoms with Gasteiger partial charge in [-0.2, -0.15) is 9.29 Å². The maximum Gasteiger partial charge on any atom is 0.252 e. The highest BCUT2D eigenvalue weighted by molar-refractivity contribution is 7.91. The van der Waals surface area contributed by atoms with Crippen molar-refractivity contribution in [2.75, 3.05) is 26.7 Å². The number of sulfonamides is 1. The van der Waals surface area contributed by atoms with Crippen molar-refractivity contribution in [1.82, 2.24) is 19.3 Å². The van der Waals surface area contributed by atoms with Crippen molar-refractivity contribution in [2.24, 2.45) is 0 Å². The Hall–Kier alpha value is -1.29. The summed E-state index contributed by atoms with van der Waals surface area (Å²) in [5, 5.41) is 4.07. The lowest BCUT2D eigenvalue weighted by Crippen LogP contribution is -2.48. The second kappa shape index (κ2) is 6.15. The lowest BCUT2D eigenvalue weighted by molar-refractivity contribution is 0.120. The summed E-state index contributed by atoms with van der Waals surface area (Å²) in [5.74, 6) is 1.69. The first kappa shape index (κ1) is 17.1. The smallest absolute Gasteiger partial charge is 0.252 e. The molecule has 0 aromatic carbocycles. The predicted molar refractivity (Wildman–Crippen MR) is 94.2 cm³/mol. The Kier molecular flexibility index (Phi) is 4.22. The molecule has 2 fully saturated rings. The molecular weight excluding hydrogens is 360 g/mol. The minimum absolute atomic E-state index is 0.203. The summed E-state index contributed by atoms with van der Waals surface area (Å²) in [4.78, 5) is 7.64. The molecule has 7 nitrogen and oxygen atoms in total. The van der Waals surface area contributed by atoms with Gasteiger partial charge in [-0.3, -0.25) is 4.90 Å². The van der Waals surface area contributed by atoms with E-state index in [9.17, 15) is 8.42 Å². The number of hydrogen-bond acceptors (Lipinski definition) is 7. The van der Waals surface area contributed by atoms with Crippen molar-refractivity contribution >= 4 is 21.4 Å². The molecule has 1 saturated carbocycles. The van der Waals surface area contributed by atoms with E-state index in [1.54, 1.807) is 10.4 Å². The lowest BCUT2D eigenvalue weighted by Gasteiger charge is -2.36. The van der Waals surface area contributed by atoms with Crippen LogP contribution in [0.4, 0.5) is 0 Å². The summed E-state index contributed by atoms with van der Waals surface area (Å²) in [6.07, 6.45) is 2.22. The number of aromatic nitrogens is 2. The van der Waals surface area contributed by atoms with Gasteiger partial charge in [-0.15, -0.1) is 11.3 Å². The van der Waals surface area contributed by atoms with Gasteiger partial charge in [0.2, 0.25) is 5.89 Å². The molecule has 0 spiro atoms. The van der Waals surface area contributed by atoms with Crippen LogP contribution in [-0.4, -0.2) is 54.4 Å². The zero-order chi connectivity index (χ0) is 17.8. The van der Waals surface area contributed by atoms with Gasteiger partial charge in [-0.05, 0) is 45.4 Å². The van der Waals surface area contributed by atoms with Gasteiger partial charge >= 0.3 is 0 Å². The van der Waals surface area contributed by atoms with Crippen LogP contribution >= 0.6 is 11.3 Å². The van der Waals surface area contributed by atoms with Crippen molar-refractivity contribution in [2.45, 2.75) is 42.9 Å². The van der Waals surface area contributed by atoms with Crippen LogP contribution in [0.5, 0.6) is 0 Å². The third-order valence-corrected chi connectivity index (χ3v) is 8.50. The molecule has 0 N–H and O–H groups in total. The van der Waals surface area contributed by atoms with Crippen LogP contribution in [0.1, 0.15) is 47.0 Å². The third-order valence-electron chi connectivity index (χ3n) is 5.03. The number of likely N-dealkylation sites (N-methyl/N-ethyl adjacent to an activating group) is 1. The molecule has 1 aliphatic heterocycles. The predicted octanol–water partition coefficient (Wildman–Crippen LogP) is 2.30. The lowest BCUT2D eigenvalue weighted by atomic mass is 10.2. The van der Waals surface area contributed by atoms with Crippen LogP contribution in [0.25, 0.3) is 0 Å². The standard InChI is InChI=1S/C16H22N4O3S2/c1-10-8-14(24-11(10)2)25(21,22)20-7-6-19(3)13(9-20)16-17-15(18-23-16)12-4-5-12/h8,12-13H,4-7,9H2,1-3H3. The molecule has 2 aromatic heterocycles. The van der Waals surface area contributed by atoms with Gasteiger partial charge in [0.05, 0.1) is 0 Å². The molecule has 25 heavy (non-hydrogen) atoms. The highest BCUT2D eigenvalue weighted by Crippen LogP contribution is 2.39. The second-order valence-electron chi connectivity index (χ2n) is 6.93. The molecule has 1 unspecified atom stereocenters. The molecule has 4 rings (SSSR count). The van der Waals surface area contributed by atoms with E-state index in [0.29, 0.717) is 35.7 Å². The number of thiophene rings is 1. The summed E-state index contributed by atoms with van der Waals surface area (Å²) in [6, 6.07) is 1.56. The highest BCUT2D eigenvalue weighted by Gasteiger charge is 2.38. The van der Waals surface area contributed by atoms with Crippen molar-refractivity contribution < 1.29 is 12.9 Å². The van der Waals surface area contributed by atoms with E-state index in [1.165, 1.54) is 11.3 Å². The number of aryl methyl sites for hydroxylation is 2. The summed E-state index contributed by atoms with van der Waals surface area (Å²) >= 11 is 1.33. The van der Waals surface area contributed by atoms with E-state index in [2.05, 4.69) is 15.0 Å². The molecule has 2 aliphatic rings.